The lowest BCUT2D eigenvalue weighted by molar-refractivity contribution is -0.132. The summed E-state index contributed by atoms with van der Waals surface area (Å²) in [6, 6.07) is 4.23. The smallest absolute Gasteiger partial charge is 0.410 e. The normalized spacial score (nSPS) is 23.1. The molecule has 2 fully saturated rings. The number of halogens is 2. The van der Waals surface area contributed by atoms with Gasteiger partial charge in [-0.3, -0.25) is 30.1 Å². The van der Waals surface area contributed by atoms with E-state index < -0.39 is 18.2 Å². The second-order valence-corrected chi connectivity index (χ2v) is 7.78. The molecule has 1 aliphatic carbocycles. The number of carbonyl (C=O) groups is 4. The van der Waals surface area contributed by atoms with Crippen molar-refractivity contribution >= 4 is 23.8 Å². The fraction of sp³-hybridized carbons (Fsp3) is 0.500. The zero-order valence-corrected chi connectivity index (χ0v) is 16.6. The van der Waals surface area contributed by atoms with Crippen LogP contribution in [0.15, 0.2) is 18.2 Å². The number of cyclic esters (lactones) is 1. The van der Waals surface area contributed by atoms with Crippen molar-refractivity contribution in [3.63, 3.8) is 0 Å². The molecule has 4 amide bonds. The lowest BCUT2D eigenvalue weighted by Gasteiger charge is -2.41. The number of benzene rings is 1. The third-order valence-electron chi connectivity index (χ3n) is 5.99. The van der Waals surface area contributed by atoms with E-state index in [-0.39, 0.29) is 29.6 Å². The molecule has 1 saturated heterocycles. The van der Waals surface area contributed by atoms with E-state index in [0.29, 0.717) is 25.3 Å². The molecule has 11 heteroatoms. The Hall–Kier alpha value is -3.24. The highest BCUT2D eigenvalue weighted by molar-refractivity contribution is 6.02. The van der Waals surface area contributed by atoms with Crippen LogP contribution in [0.5, 0.6) is 0 Å². The van der Waals surface area contributed by atoms with Crippen LogP contribution in [0.4, 0.5) is 13.6 Å². The molecule has 0 bridgehead atoms. The summed E-state index contributed by atoms with van der Waals surface area (Å²) in [6.07, 6.45) is -0.146. The number of hydrazine groups is 1. The van der Waals surface area contributed by atoms with Gasteiger partial charge in [0.2, 0.25) is 0 Å². The van der Waals surface area contributed by atoms with Crippen LogP contribution < -0.4 is 10.9 Å². The summed E-state index contributed by atoms with van der Waals surface area (Å²) in [7, 11) is 0. The average Bonchev–Trinajstić information content (AvgIpc) is 3.34. The second-order valence-electron chi connectivity index (χ2n) is 7.78. The highest BCUT2D eigenvalue weighted by Crippen LogP contribution is 2.34. The fourth-order valence-electron chi connectivity index (χ4n) is 4.50. The number of rotatable bonds is 4. The van der Waals surface area contributed by atoms with Gasteiger partial charge in [0.15, 0.2) is 0 Å². The number of nitrogens with one attached hydrogen (secondary N) is 2. The van der Waals surface area contributed by atoms with E-state index in [9.17, 15) is 28.0 Å². The number of carbonyl (C=O) groups excluding carboxylic acids is 4. The summed E-state index contributed by atoms with van der Waals surface area (Å²) in [5.74, 6) is -2.68. The van der Waals surface area contributed by atoms with Gasteiger partial charge in [0.25, 0.3) is 11.8 Å². The first-order valence-electron chi connectivity index (χ1n) is 10.1. The molecule has 0 unspecified atom stereocenters. The Labute approximate surface area is 176 Å². The first kappa shape index (κ1) is 21.0. The zero-order valence-electron chi connectivity index (χ0n) is 16.6. The van der Waals surface area contributed by atoms with Gasteiger partial charge in [-0.15, -0.1) is 0 Å². The van der Waals surface area contributed by atoms with Gasteiger partial charge in [0, 0.05) is 17.7 Å². The highest BCUT2D eigenvalue weighted by Gasteiger charge is 2.43. The number of hydrogen-bond acceptors (Lipinski definition) is 5. The van der Waals surface area contributed by atoms with Crippen LogP contribution in [-0.2, 0) is 16.1 Å². The summed E-state index contributed by atoms with van der Waals surface area (Å²) in [4.78, 5) is 51.8. The quantitative estimate of drug-likeness (QED) is 0.695. The summed E-state index contributed by atoms with van der Waals surface area (Å²) in [5, 5.41) is 0. The molecule has 4 rings (SSSR count). The van der Waals surface area contributed by atoms with Crippen molar-refractivity contribution in [2.24, 2.45) is 0 Å². The third-order valence-corrected chi connectivity index (χ3v) is 5.99. The molecule has 2 N–H and O–H groups in total. The van der Waals surface area contributed by atoms with E-state index in [1.807, 2.05) is 5.43 Å². The van der Waals surface area contributed by atoms with E-state index in [1.54, 1.807) is 21.3 Å². The van der Waals surface area contributed by atoms with Gasteiger partial charge in [-0.1, -0.05) is 18.9 Å². The van der Waals surface area contributed by atoms with Crippen molar-refractivity contribution in [2.75, 3.05) is 13.2 Å². The molecule has 0 aromatic heterocycles. The largest absolute Gasteiger partial charge is 0.448 e. The first-order valence-corrected chi connectivity index (χ1v) is 10.1. The van der Waals surface area contributed by atoms with Crippen LogP contribution in [0.25, 0.3) is 0 Å². The Morgan fingerprint density at radius 1 is 1.06 bits per heavy atom. The second kappa shape index (κ2) is 8.48. The van der Waals surface area contributed by atoms with Gasteiger partial charge in [0.1, 0.15) is 6.61 Å². The zero-order chi connectivity index (χ0) is 22.1. The average molecular weight is 436 g/mol. The van der Waals surface area contributed by atoms with Crippen LogP contribution in [0.3, 0.4) is 0 Å². The van der Waals surface area contributed by atoms with Gasteiger partial charge in [-0.05, 0) is 30.5 Å². The van der Waals surface area contributed by atoms with Gasteiger partial charge in [0.05, 0.1) is 18.6 Å². The van der Waals surface area contributed by atoms with Crippen LogP contribution in [0, 0.1) is 0 Å². The van der Waals surface area contributed by atoms with E-state index in [4.69, 9.17) is 4.74 Å². The molecule has 2 atom stereocenters. The summed E-state index contributed by atoms with van der Waals surface area (Å²) < 4.78 is 29.6. The van der Waals surface area contributed by atoms with Crippen molar-refractivity contribution in [3.05, 3.63) is 34.9 Å². The van der Waals surface area contributed by atoms with Gasteiger partial charge in [-0.2, -0.15) is 8.78 Å². The maximum absolute atomic E-state index is 13.2. The van der Waals surface area contributed by atoms with Crippen molar-refractivity contribution < 1.29 is 32.7 Å². The molecule has 2 heterocycles. The molecular weight excluding hydrogens is 414 g/mol. The predicted molar refractivity (Wildman–Crippen MR) is 102 cm³/mol. The van der Waals surface area contributed by atoms with Crippen molar-refractivity contribution in [1.82, 2.24) is 20.7 Å². The Morgan fingerprint density at radius 3 is 2.42 bits per heavy atom. The van der Waals surface area contributed by atoms with E-state index >= 15 is 0 Å². The number of hydrogen-bond donors (Lipinski definition) is 2. The van der Waals surface area contributed by atoms with Gasteiger partial charge in [-0.25, -0.2) is 4.79 Å². The Kier molecular flexibility index (Phi) is 5.75. The van der Waals surface area contributed by atoms with Crippen LogP contribution in [-0.4, -0.2) is 65.3 Å². The summed E-state index contributed by atoms with van der Waals surface area (Å²) >= 11 is 0. The van der Waals surface area contributed by atoms with Crippen molar-refractivity contribution in [2.45, 2.75) is 50.7 Å². The summed E-state index contributed by atoms with van der Waals surface area (Å²) in [5.41, 5.74) is 4.69. The maximum Gasteiger partial charge on any atom is 0.410 e. The lowest BCUT2D eigenvalue weighted by atomic mass is 9.88. The molecule has 31 heavy (non-hydrogen) atoms. The van der Waals surface area contributed by atoms with Gasteiger partial charge >= 0.3 is 18.4 Å². The topological polar surface area (TPSA) is 108 Å². The first-order chi connectivity index (χ1) is 14.9. The minimum absolute atomic E-state index is 0.0619. The minimum Gasteiger partial charge on any atom is -0.448 e. The Bertz CT molecular complexity index is 925. The fourth-order valence-corrected chi connectivity index (χ4v) is 4.50. The molecule has 1 aromatic carbocycles. The van der Waals surface area contributed by atoms with E-state index in [2.05, 4.69) is 0 Å². The van der Waals surface area contributed by atoms with E-state index in [1.165, 1.54) is 12.1 Å². The number of amides is 4. The molecule has 0 radical (unpaired) electrons. The Balaban J connectivity index is 1.49. The maximum atomic E-state index is 13.2. The minimum atomic E-state index is -3.26. The molecule has 1 saturated carbocycles. The lowest BCUT2D eigenvalue weighted by Crippen LogP contribution is -2.53. The molecule has 3 aliphatic rings. The standard InChI is InChI=1S/C20H22F2N4O5/c21-16(22)18(28)24-23-17(27)11-5-6-12-10-26(19(29)13(12)9-11)15-4-2-1-3-14(15)25-7-8-31-20(25)30/h5-6,9,14-16H,1-4,7-8,10H2,(H,23,27)(H,24,28)/t14-,15-/m1/s1. The van der Waals surface area contributed by atoms with Crippen LogP contribution >= 0.6 is 0 Å². The molecule has 1 aromatic rings. The number of fused-ring (bicyclic) bond motifs is 1. The molecule has 166 valence electrons. The number of alkyl halides is 2. The third kappa shape index (κ3) is 4.04. The number of ether oxygens (including phenoxy) is 1. The summed E-state index contributed by atoms with van der Waals surface area (Å²) in [6.45, 7) is 1.21. The molecule has 9 nitrogen and oxygen atoms in total. The van der Waals surface area contributed by atoms with Gasteiger partial charge < -0.3 is 9.64 Å². The number of nitrogens with zero attached hydrogens (tertiary/aromatic N) is 2. The van der Waals surface area contributed by atoms with Crippen LogP contribution in [0.1, 0.15) is 52.0 Å². The SMILES string of the molecule is O=C(NNC(=O)C(F)F)c1ccc2c(c1)C(=O)N([C@@H]1CCCC[C@H]1N1CCOC1=O)C2. The van der Waals surface area contributed by atoms with E-state index in [0.717, 1.165) is 31.2 Å². The molecular formula is C20H22F2N4O5. The Morgan fingerprint density at radius 2 is 1.77 bits per heavy atom. The van der Waals surface area contributed by atoms with Crippen LogP contribution in [0.2, 0.25) is 0 Å². The molecule has 0 spiro atoms. The van der Waals surface area contributed by atoms with Crippen molar-refractivity contribution in [1.29, 1.82) is 0 Å². The highest BCUT2D eigenvalue weighted by atomic mass is 19.3. The molecule has 2 aliphatic heterocycles. The van der Waals surface area contributed by atoms with Crippen molar-refractivity contribution in [3.8, 4) is 0 Å². The predicted octanol–water partition coefficient (Wildman–Crippen LogP) is 1.43. The monoisotopic (exact) mass is 436 g/mol.